The van der Waals surface area contributed by atoms with Crippen LogP contribution in [0.5, 0.6) is 0 Å². The van der Waals surface area contributed by atoms with Gasteiger partial charge in [-0.1, -0.05) is 12.1 Å². The molecule has 1 amide bonds. The molecule has 3 aromatic rings. The summed E-state index contributed by atoms with van der Waals surface area (Å²) in [5, 5.41) is 14.9. The Labute approximate surface area is 206 Å². The molecule has 3 heterocycles. The van der Waals surface area contributed by atoms with Crippen molar-refractivity contribution in [2.45, 2.75) is 32.7 Å². The fourth-order valence-electron chi connectivity index (χ4n) is 3.75. The number of rotatable bonds is 4. The zero-order valence-electron chi connectivity index (χ0n) is 19.2. The Balaban J connectivity index is 1.51. The van der Waals surface area contributed by atoms with Gasteiger partial charge < -0.3 is 24.4 Å². The maximum absolute atomic E-state index is 12.3. The van der Waals surface area contributed by atoms with Gasteiger partial charge in [-0.3, -0.25) is 0 Å². The number of aliphatic hydroxyl groups excluding tert-OH is 1. The van der Waals surface area contributed by atoms with Crippen molar-refractivity contribution < 1.29 is 19.4 Å². The van der Waals surface area contributed by atoms with Crippen molar-refractivity contribution in [3.8, 4) is 11.1 Å². The molecule has 1 unspecified atom stereocenters. The van der Waals surface area contributed by atoms with E-state index in [0.717, 1.165) is 33.6 Å². The summed E-state index contributed by atoms with van der Waals surface area (Å²) in [6.45, 7) is 8.31. The van der Waals surface area contributed by atoms with Gasteiger partial charge in [0.05, 0.1) is 6.20 Å². The lowest BCUT2D eigenvalue weighted by molar-refractivity contribution is -0.0800. The second-order valence-electron chi connectivity index (χ2n) is 8.88. The average molecular weight is 565 g/mol. The molecule has 33 heavy (non-hydrogen) atoms. The lowest BCUT2D eigenvalue weighted by Crippen LogP contribution is -2.50. The number of hydrogen-bond acceptors (Lipinski definition) is 7. The third-order valence-electron chi connectivity index (χ3n) is 5.41. The third kappa shape index (κ3) is 5.22. The molecule has 4 rings (SSSR count). The first-order valence-corrected chi connectivity index (χ1v) is 11.8. The van der Waals surface area contributed by atoms with Gasteiger partial charge in [-0.15, -0.1) is 0 Å². The second-order valence-corrected chi connectivity index (χ2v) is 9.99. The van der Waals surface area contributed by atoms with Gasteiger partial charge in [-0.25, -0.2) is 14.3 Å². The maximum Gasteiger partial charge on any atom is 0.410 e. The second kappa shape index (κ2) is 9.43. The molecule has 1 aliphatic rings. The number of anilines is 1. The first-order chi connectivity index (χ1) is 15.7. The Bertz CT molecular complexity index is 1130. The Morgan fingerprint density at radius 2 is 1.82 bits per heavy atom. The van der Waals surface area contributed by atoms with E-state index in [2.05, 4.69) is 37.6 Å². The Morgan fingerprint density at radius 1 is 1.15 bits per heavy atom. The van der Waals surface area contributed by atoms with Crippen molar-refractivity contribution in [2.75, 3.05) is 38.2 Å². The Kier molecular flexibility index (Phi) is 6.78. The largest absolute Gasteiger partial charge is 0.444 e. The standard InChI is InChI=1S/C23H28IN5O4/c1-23(2,3)33-22(31)28-11-9-27(10-12-28)16-7-5-15(6-8-16)17-13-19-25-14-18(24)29(19)26-20(17)21(30)32-4/h5-8,13-14,21,30H,9-12H2,1-4H3. The highest BCUT2D eigenvalue weighted by molar-refractivity contribution is 14.1. The number of carbonyl (C=O) groups excluding carboxylic acids is 1. The fourth-order valence-corrected chi connectivity index (χ4v) is 4.25. The number of ether oxygens (including phenoxy) is 2. The van der Waals surface area contributed by atoms with Crippen LogP contribution >= 0.6 is 22.6 Å². The first-order valence-electron chi connectivity index (χ1n) is 10.7. The van der Waals surface area contributed by atoms with E-state index in [9.17, 15) is 9.90 Å². The number of imidazole rings is 1. The number of amides is 1. The van der Waals surface area contributed by atoms with Crippen LogP contribution in [0.1, 0.15) is 32.8 Å². The number of piperazine rings is 1. The zero-order valence-corrected chi connectivity index (χ0v) is 21.3. The summed E-state index contributed by atoms with van der Waals surface area (Å²) in [4.78, 5) is 20.7. The van der Waals surface area contributed by atoms with E-state index in [4.69, 9.17) is 9.47 Å². The zero-order chi connectivity index (χ0) is 23.8. The van der Waals surface area contributed by atoms with Crippen LogP contribution in [0.2, 0.25) is 0 Å². The fraction of sp³-hybridized carbons (Fsp3) is 0.435. The molecule has 1 fully saturated rings. The van der Waals surface area contributed by atoms with E-state index in [1.54, 1.807) is 15.6 Å². The normalized spacial score (nSPS) is 15.7. The number of methoxy groups -OCH3 is 1. The van der Waals surface area contributed by atoms with Gasteiger partial charge in [-0.05, 0) is 67.1 Å². The van der Waals surface area contributed by atoms with Crippen LogP contribution < -0.4 is 4.90 Å². The molecule has 1 aliphatic heterocycles. The van der Waals surface area contributed by atoms with Crippen molar-refractivity contribution in [1.29, 1.82) is 0 Å². The summed E-state index contributed by atoms with van der Waals surface area (Å²) in [5.74, 6) is 0. The summed E-state index contributed by atoms with van der Waals surface area (Å²) in [7, 11) is 1.44. The topological polar surface area (TPSA) is 92.4 Å². The number of fused-ring (bicyclic) bond motifs is 1. The van der Waals surface area contributed by atoms with Gasteiger partial charge in [0.15, 0.2) is 5.65 Å². The molecule has 1 atom stereocenters. The molecule has 1 saturated heterocycles. The number of aliphatic hydroxyl groups is 1. The molecule has 10 heteroatoms. The highest BCUT2D eigenvalue weighted by Crippen LogP contribution is 2.30. The number of aromatic nitrogens is 3. The van der Waals surface area contributed by atoms with E-state index >= 15 is 0 Å². The van der Waals surface area contributed by atoms with Crippen LogP contribution in [0, 0.1) is 3.70 Å². The molecule has 0 radical (unpaired) electrons. The van der Waals surface area contributed by atoms with Gasteiger partial charge in [0, 0.05) is 44.5 Å². The van der Waals surface area contributed by atoms with Crippen LogP contribution in [0.4, 0.5) is 10.5 Å². The molecule has 1 N–H and O–H groups in total. The maximum atomic E-state index is 12.3. The van der Waals surface area contributed by atoms with E-state index < -0.39 is 11.9 Å². The average Bonchev–Trinajstić information content (AvgIpc) is 3.16. The predicted molar refractivity (Wildman–Crippen MR) is 133 cm³/mol. The van der Waals surface area contributed by atoms with Gasteiger partial charge in [0.2, 0.25) is 6.29 Å². The minimum Gasteiger partial charge on any atom is -0.444 e. The number of halogens is 1. The van der Waals surface area contributed by atoms with Crippen LogP contribution in [0.3, 0.4) is 0 Å². The number of hydrogen-bond donors (Lipinski definition) is 1. The van der Waals surface area contributed by atoms with Crippen LogP contribution in [-0.2, 0) is 9.47 Å². The molecule has 0 bridgehead atoms. The molecule has 0 aliphatic carbocycles. The van der Waals surface area contributed by atoms with Gasteiger partial charge in [0.25, 0.3) is 0 Å². The minimum atomic E-state index is -1.15. The quantitative estimate of drug-likeness (QED) is 0.381. The van der Waals surface area contributed by atoms with Crippen LogP contribution in [0.25, 0.3) is 16.8 Å². The molecule has 9 nitrogen and oxygen atoms in total. The van der Waals surface area contributed by atoms with Crippen molar-refractivity contribution in [3.63, 3.8) is 0 Å². The van der Waals surface area contributed by atoms with E-state index in [0.29, 0.717) is 24.4 Å². The van der Waals surface area contributed by atoms with Crippen molar-refractivity contribution in [1.82, 2.24) is 19.5 Å². The summed E-state index contributed by atoms with van der Waals surface area (Å²) in [5.41, 5.74) is 3.38. The Morgan fingerprint density at radius 3 is 2.42 bits per heavy atom. The molecular formula is C23H28IN5O4. The summed E-state index contributed by atoms with van der Waals surface area (Å²) < 4.78 is 13.2. The van der Waals surface area contributed by atoms with Crippen LogP contribution in [0.15, 0.2) is 36.5 Å². The van der Waals surface area contributed by atoms with E-state index in [1.165, 1.54) is 7.11 Å². The smallest absolute Gasteiger partial charge is 0.410 e. The lowest BCUT2D eigenvalue weighted by atomic mass is 10.0. The lowest BCUT2D eigenvalue weighted by Gasteiger charge is -2.36. The molecule has 176 valence electrons. The van der Waals surface area contributed by atoms with E-state index in [1.807, 2.05) is 51.1 Å². The minimum absolute atomic E-state index is 0.265. The SMILES string of the molecule is COC(O)c1nn2c(I)cnc2cc1-c1ccc(N2CCN(C(=O)OC(C)(C)C)CC2)cc1. The molecular weight excluding hydrogens is 537 g/mol. The van der Waals surface area contributed by atoms with Crippen molar-refractivity contribution in [2.24, 2.45) is 0 Å². The molecule has 0 saturated carbocycles. The number of nitrogens with zero attached hydrogens (tertiary/aromatic N) is 5. The molecule has 2 aromatic heterocycles. The predicted octanol–water partition coefficient (Wildman–Crippen LogP) is 3.70. The Hall–Kier alpha value is -2.44. The number of carbonyl (C=O) groups is 1. The van der Waals surface area contributed by atoms with Gasteiger partial charge in [-0.2, -0.15) is 5.10 Å². The van der Waals surface area contributed by atoms with Gasteiger partial charge in [0.1, 0.15) is 15.0 Å². The number of benzene rings is 1. The highest BCUT2D eigenvalue weighted by atomic mass is 127. The summed E-state index contributed by atoms with van der Waals surface area (Å²) >= 11 is 2.15. The van der Waals surface area contributed by atoms with Crippen LogP contribution in [-0.4, -0.2) is 69.6 Å². The summed E-state index contributed by atoms with van der Waals surface area (Å²) in [6, 6.07) is 10.00. The van der Waals surface area contributed by atoms with E-state index in [-0.39, 0.29) is 6.09 Å². The monoisotopic (exact) mass is 565 g/mol. The third-order valence-corrected chi connectivity index (χ3v) is 6.15. The highest BCUT2D eigenvalue weighted by Gasteiger charge is 2.26. The van der Waals surface area contributed by atoms with Crippen molar-refractivity contribution >= 4 is 40.0 Å². The van der Waals surface area contributed by atoms with Crippen molar-refractivity contribution in [3.05, 3.63) is 45.9 Å². The molecule has 0 spiro atoms. The summed E-state index contributed by atoms with van der Waals surface area (Å²) in [6.07, 6.45) is 0.317. The first kappa shape index (κ1) is 23.7. The van der Waals surface area contributed by atoms with Gasteiger partial charge >= 0.3 is 6.09 Å². The molecule has 1 aromatic carbocycles.